The fourth-order valence-corrected chi connectivity index (χ4v) is 3.59. The van der Waals surface area contributed by atoms with Crippen LogP contribution in [0.25, 0.3) is 0 Å². The lowest BCUT2D eigenvalue weighted by molar-refractivity contribution is -0.418. The molecule has 2 unspecified atom stereocenters. The highest BCUT2D eigenvalue weighted by Gasteiger charge is 2.51. The summed E-state index contributed by atoms with van der Waals surface area (Å²) in [6, 6.07) is 0. The van der Waals surface area contributed by atoms with Gasteiger partial charge in [-0.1, -0.05) is 111 Å². The molecule has 0 aliphatic heterocycles. The van der Waals surface area contributed by atoms with E-state index >= 15 is 0 Å². The second-order valence-corrected chi connectivity index (χ2v) is 13.6. The SMILES string of the molecule is CC(C)(C)C(OOC(C(C)(C)C)C(C)(C)C(C)(C)C)C(C)(C)C(C)(C)C. The average molecular weight is 371 g/mol. The molecule has 2 nitrogen and oxygen atoms in total. The van der Waals surface area contributed by atoms with Gasteiger partial charge in [-0.3, -0.25) is 0 Å². The van der Waals surface area contributed by atoms with E-state index in [-0.39, 0.29) is 44.7 Å². The van der Waals surface area contributed by atoms with Gasteiger partial charge in [-0.25, -0.2) is 9.78 Å². The van der Waals surface area contributed by atoms with Gasteiger partial charge in [-0.2, -0.15) is 0 Å². The van der Waals surface area contributed by atoms with Crippen molar-refractivity contribution in [2.45, 2.75) is 123 Å². The molecule has 26 heavy (non-hydrogen) atoms. The molecule has 0 aromatic carbocycles. The monoisotopic (exact) mass is 370 g/mol. The molecule has 0 saturated carbocycles. The second kappa shape index (κ2) is 7.39. The van der Waals surface area contributed by atoms with Crippen molar-refractivity contribution in [3.05, 3.63) is 0 Å². The molecule has 158 valence electrons. The Morgan fingerprint density at radius 1 is 0.385 bits per heavy atom. The van der Waals surface area contributed by atoms with E-state index in [2.05, 4.69) is 111 Å². The summed E-state index contributed by atoms with van der Waals surface area (Å²) in [5.41, 5.74) is 0.0749. The fraction of sp³-hybridized carbons (Fsp3) is 1.00. The van der Waals surface area contributed by atoms with Gasteiger partial charge in [0.2, 0.25) is 0 Å². The van der Waals surface area contributed by atoms with Crippen molar-refractivity contribution in [2.75, 3.05) is 0 Å². The average Bonchev–Trinajstić information content (AvgIpc) is 2.27. The van der Waals surface area contributed by atoms with Gasteiger partial charge in [0.1, 0.15) is 12.2 Å². The predicted octanol–water partition coefficient (Wildman–Crippen LogP) is 7.91. The molecule has 0 bridgehead atoms. The first kappa shape index (κ1) is 25.9. The standard InChI is InChI=1S/C24H50O2/c1-19(2,3)17(23(13,14)21(7,8)9)25-26-18(20(4,5)6)24(15,16)22(10,11)12/h17-18H,1-16H3. The van der Waals surface area contributed by atoms with E-state index in [1.165, 1.54) is 0 Å². The van der Waals surface area contributed by atoms with Gasteiger partial charge in [0.05, 0.1) is 0 Å². The van der Waals surface area contributed by atoms with Crippen LogP contribution >= 0.6 is 0 Å². The van der Waals surface area contributed by atoms with Crippen LogP contribution in [-0.4, -0.2) is 12.2 Å². The largest absolute Gasteiger partial charge is 0.232 e. The van der Waals surface area contributed by atoms with Crippen LogP contribution in [0.5, 0.6) is 0 Å². The van der Waals surface area contributed by atoms with Crippen LogP contribution in [0.2, 0.25) is 0 Å². The topological polar surface area (TPSA) is 18.5 Å². The van der Waals surface area contributed by atoms with Crippen molar-refractivity contribution >= 4 is 0 Å². The number of rotatable bonds is 5. The van der Waals surface area contributed by atoms with Crippen molar-refractivity contribution in [3.8, 4) is 0 Å². The molecular formula is C24H50O2. The summed E-state index contributed by atoms with van der Waals surface area (Å²) < 4.78 is 0. The van der Waals surface area contributed by atoms with Crippen molar-refractivity contribution in [1.29, 1.82) is 0 Å². The Hall–Kier alpha value is -0.0800. The maximum absolute atomic E-state index is 6.37. The molecule has 0 spiro atoms. The third kappa shape index (κ3) is 5.71. The van der Waals surface area contributed by atoms with E-state index < -0.39 is 0 Å². The first-order valence-electron chi connectivity index (χ1n) is 10.3. The highest BCUT2D eigenvalue weighted by molar-refractivity contribution is 4.96. The van der Waals surface area contributed by atoms with Crippen LogP contribution in [0, 0.1) is 32.5 Å². The molecule has 0 heterocycles. The predicted molar refractivity (Wildman–Crippen MR) is 115 cm³/mol. The van der Waals surface area contributed by atoms with Gasteiger partial charge in [0.15, 0.2) is 0 Å². The Bertz CT molecular complexity index is 401. The Labute approximate surface area is 165 Å². The highest BCUT2D eigenvalue weighted by atomic mass is 17.2. The zero-order valence-electron chi connectivity index (χ0n) is 21.0. The van der Waals surface area contributed by atoms with Gasteiger partial charge in [-0.15, -0.1) is 0 Å². The summed E-state index contributed by atoms with van der Waals surface area (Å²) in [5, 5.41) is 0. The minimum absolute atomic E-state index is 0.0179. The highest BCUT2D eigenvalue weighted by Crippen LogP contribution is 2.51. The van der Waals surface area contributed by atoms with Crippen molar-refractivity contribution in [3.63, 3.8) is 0 Å². The van der Waals surface area contributed by atoms with Crippen LogP contribution < -0.4 is 0 Å². The third-order valence-corrected chi connectivity index (χ3v) is 7.00. The van der Waals surface area contributed by atoms with Gasteiger partial charge < -0.3 is 0 Å². The van der Waals surface area contributed by atoms with E-state index in [1.807, 2.05) is 0 Å². The molecule has 0 aromatic rings. The smallest absolute Gasteiger partial charge is 0.103 e. The molecular weight excluding hydrogens is 320 g/mol. The second-order valence-electron chi connectivity index (χ2n) is 13.6. The molecule has 0 fully saturated rings. The quantitative estimate of drug-likeness (QED) is 0.361. The maximum atomic E-state index is 6.37. The summed E-state index contributed by atoms with van der Waals surface area (Å²) in [5.74, 6) is 0. The molecule has 0 rings (SSSR count). The molecule has 0 saturated heterocycles. The first-order valence-corrected chi connectivity index (χ1v) is 10.3. The van der Waals surface area contributed by atoms with E-state index in [9.17, 15) is 0 Å². The lowest BCUT2D eigenvalue weighted by Gasteiger charge is -2.52. The van der Waals surface area contributed by atoms with Crippen molar-refractivity contribution < 1.29 is 9.78 Å². The summed E-state index contributed by atoms with van der Waals surface area (Å²) >= 11 is 0. The normalized spacial score (nSPS) is 18.0. The lowest BCUT2D eigenvalue weighted by atomic mass is 9.60. The molecule has 0 aliphatic carbocycles. The van der Waals surface area contributed by atoms with E-state index in [0.717, 1.165) is 0 Å². The third-order valence-electron chi connectivity index (χ3n) is 7.00. The Morgan fingerprint density at radius 2 is 0.577 bits per heavy atom. The van der Waals surface area contributed by atoms with Crippen LogP contribution in [-0.2, 0) is 9.78 Å². The van der Waals surface area contributed by atoms with E-state index in [4.69, 9.17) is 9.78 Å². The molecule has 0 aromatic heterocycles. The number of hydrogen-bond acceptors (Lipinski definition) is 2. The van der Waals surface area contributed by atoms with E-state index in [1.54, 1.807) is 0 Å². The summed E-state index contributed by atoms with van der Waals surface area (Å²) in [6.45, 7) is 36.4. The Kier molecular flexibility index (Phi) is 7.37. The van der Waals surface area contributed by atoms with Gasteiger partial charge in [0, 0.05) is 0 Å². The molecule has 2 atom stereocenters. The van der Waals surface area contributed by atoms with Crippen LogP contribution in [0.3, 0.4) is 0 Å². The molecule has 0 amide bonds. The summed E-state index contributed by atoms with van der Waals surface area (Å²) in [7, 11) is 0. The first-order chi connectivity index (χ1) is 11.0. The summed E-state index contributed by atoms with van der Waals surface area (Å²) in [6.07, 6.45) is -0.0359. The Morgan fingerprint density at radius 3 is 0.692 bits per heavy atom. The zero-order valence-corrected chi connectivity index (χ0v) is 21.0. The fourth-order valence-electron chi connectivity index (χ4n) is 3.59. The van der Waals surface area contributed by atoms with E-state index in [0.29, 0.717) is 0 Å². The summed E-state index contributed by atoms with van der Waals surface area (Å²) in [4.78, 5) is 12.7. The van der Waals surface area contributed by atoms with Gasteiger partial charge in [-0.05, 0) is 32.5 Å². The molecule has 0 N–H and O–H groups in total. The maximum Gasteiger partial charge on any atom is 0.103 e. The Balaban J connectivity index is 5.88. The van der Waals surface area contributed by atoms with Crippen molar-refractivity contribution in [1.82, 2.24) is 0 Å². The van der Waals surface area contributed by atoms with Crippen LogP contribution in [0.1, 0.15) is 111 Å². The van der Waals surface area contributed by atoms with Crippen molar-refractivity contribution in [2.24, 2.45) is 32.5 Å². The molecule has 2 heteroatoms. The lowest BCUT2D eigenvalue weighted by Crippen LogP contribution is -2.53. The molecule has 0 radical (unpaired) electrons. The van der Waals surface area contributed by atoms with Gasteiger partial charge in [0.25, 0.3) is 0 Å². The zero-order chi connectivity index (χ0) is 21.6. The minimum Gasteiger partial charge on any atom is -0.232 e. The van der Waals surface area contributed by atoms with Crippen LogP contribution in [0.15, 0.2) is 0 Å². The number of hydrogen-bond donors (Lipinski definition) is 0. The van der Waals surface area contributed by atoms with Gasteiger partial charge >= 0.3 is 0 Å². The molecule has 0 aliphatic rings. The van der Waals surface area contributed by atoms with Crippen LogP contribution in [0.4, 0.5) is 0 Å². The minimum atomic E-state index is -0.0421.